The molecule has 3 aromatic rings. The van der Waals surface area contributed by atoms with Crippen LogP contribution in [0.15, 0.2) is 66.7 Å². The number of carbonyl (C=O) groups is 1. The number of rotatable bonds is 7. The minimum atomic E-state index is -0.184. The van der Waals surface area contributed by atoms with Gasteiger partial charge in [0, 0.05) is 11.3 Å². The zero-order valence-corrected chi connectivity index (χ0v) is 16.5. The van der Waals surface area contributed by atoms with Crippen LogP contribution >= 0.6 is 0 Å². The highest BCUT2D eigenvalue weighted by Crippen LogP contribution is 2.29. The summed E-state index contributed by atoms with van der Waals surface area (Å²) in [6, 6.07) is 21.2. The van der Waals surface area contributed by atoms with Gasteiger partial charge >= 0.3 is 0 Å². The van der Waals surface area contributed by atoms with Crippen LogP contribution in [0.2, 0.25) is 0 Å². The predicted octanol–water partition coefficient (Wildman–Crippen LogP) is 5.53. The fraction of sp³-hybridized carbons (Fsp3) is 0.208. The van der Waals surface area contributed by atoms with Gasteiger partial charge in [0.05, 0.1) is 6.61 Å². The minimum absolute atomic E-state index is 0.184. The standard InChI is InChI=1S/C24H25NO3/c1-4-27-23-15-20(24(26)25-21-7-5-6-18(3)14-21)12-13-22(23)28-16-19-10-8-17(2)9-11-19/h5-15H,4,16H2,1-3H3,(H,25,26). The van der Waals surface area contributed by atoms with Crippen molar-refractivity contribution >= 4 is 11.6 Å². The predicted molar refractivity (Wildman–Crippen MR) is 112 cm³/mol. The van der Waals surface area contributed by atoms with Crippen LogP contribution in [0.3, 0.4) is 0 Å². The van der Waals surface area contributed by atoms with Crippen LogP contribution in [0.1, 0.15) is 34.0 Å². The molecule has 0 aliphatic heterocycles. The normalized spacial score (nSPS) is 10.4. The van der Waals surface area contributed by atoms with E-state index in [1.165, 1.54) is 5.56 Å². The largest absolute Gasteiger partial charge is 0.490 e. The zero-order valence-electron chi connectivity index (χ0n) is 16.5. The number of ether oxygens (including phenoxy) is 2. The van der Waals surface area contributed by atoms with Crippen LogP contribution in [-0.2, 0) is 6.61 Å². The van der Waals surface area contributed by atoms with Gasteiger partial charge in [-0.2, -0.15) is 0 Å². The molecule has 3 rings (SSSR count). The molecular formula is C24H25NO3. The molecule has 0 aromatic heterocycles. The van der Waals surface area contributed by atoms with Crippen molar-refractivity contribution in [3.63, 3.8) is 0 Å². The van der Waals surface area contributed by atoms with Crippen molar-refractivity contribution < 1.29 is 14.3 Å². The third kappa shape index (κ3) is 5.13. The summed E-state index contributed by atoms with van der Waals surface area (Å²) in [6.07, 6.45) is 0. The van der Waals surface area contributed by atoms with Gasteiger partial charge in [-0.3, -0.25) is 4.79 Å². The zero-order chi connectivity index (χ0) is 19.9. The fourth-order valence-corrected chi connectivity index (χ4v) is 2.81. The van der Waals surface area contributed by atoms with Crippen molar-refractivity contribution in [2.45, 2.75) is 27.4 Å². The number of benzene rings is 3. The second kappa shape index (κ2) is 9.09. The van der Waals surface area contributed by atoms with Crippen molar-refractivity contribution in [1.82, 2.24) is 0 Å². The first-order valence-electron chi connectivity index (χ1n) is 9.38. The molecule has 0 fully saturated rings. The average molecular weight is 375 g/mol. The van der Waals surface area contributed by atoms with Gasteiger partial charge in [0.1, 0.15) is 6.61 Å². The van der Waals surface area contributed by atoms with Crippen molar-refractivity contribution in [3.8, 4) is 11.5 Å². The number of anilines is 1. The van der Waals surface area contributed by atoms with Gasteiger partial charge < -0.3 is 14.8 Å². The number of nitrogens with one attached hydrogen (secondary N) is 1. The van der Waals surface area contributed by atoms with Gasteiger partial charge in [0.15, 0.2) is 11.5 Å². The van der Waals surface area contributed by atoms with Gasteiger partial charge in [0.2, 0.25) is 0 Å². The molecule has 0 aliphatic carbocycles. The number of aryl methyl sites for hydroxylation is 2. The SMILES string of the molecule is CCOc1cc(C(=O)Nc2cccc(C)c2)ccc1OCc1ccc(C)cc1. The highest BCUT2D eigenvalue weighted by atomic mass is 16.5. The highest BCUT2D eigenvalue weighted by molar-refractivity contribution is 6.04. The van der Waals surface area contributed by atoms with E-state index in [1.807, 2.05) is 50.2 Å². The quantitative estimate of drug-likeness (QED) is 0.590. The third-order valence-corrected chi connectivity index (χ3v) is 4.30. The lowest BCUT2D eigenvalue weighted by molar-refractivity contribution is 0.102. The van der Waals surface area contributed by atoms with Crippen LogP contribution in [0.5, 0.6) is 11.5 Å². The first-order chi connectivity index (χ1) is 13.5. The van der Waals surface area contributed by atoms with E-state index < -0.39 is 0 Å². The molecule has 0 atom stereocenters. The van der Waals surface area contributed by atoms with Crippen LogP contribution in [0.4, 0.5) is 5.69 Å². The monoisotopic (exact) mass is 375 g/mol. The molecule has 0 bridgehead atoms. The molecule has 28 heavy (non-hydrogen) atoms. The summed E-state index contributed by atoms with van der Waals surface area (Å²) in [5.41, 5.74) is 4.67. The maximum Gasteiger partial charge on any atom is 0.255 e. The molecule has 1 N–H and O–H groups in total. The Morgan fingerprint density at radius 2 is 1.64 bits per heavy atom. The molecule has 3 aromatic carbocycles. The molecule has 0 saturated carbocycles. The molecule has 0 heterocycles. The maximum absolute atomic E-state index is 12.6. The van der Waals surface area contributed by atoms with Gasteiger partial charge in [-0.1, -0.05) is 42.0 Å². The lowest BCUT2D eigenvalue weighted by Crippen LogP contribution is -2.12. The second-order valence-corrected chi connectivity index (χ2v) is 6.69. The van der Waals surface area contributed by atoms with E-state index >= 15 is 0 Å². The third-order valence-electron chi connectivity index (χ3n) is 4.30. The van der Waals surface area contributed by atoms with Crippen molar-refractivity contribution in [2.75, 3.05) is 11.9 Å². The van der Waals surface area contributed by atoms with Crippen molar-refractivity contribution in [3.05, 3.63) is 89.0 Å². The number of hydrogen-bond acceptors (Lipinski definition) is 3. The Bertz CT molecular complexity index is 948. The molecule has 0 unspecified atom stereocenters. The topological polar surface area (TPSA) is 47.6 Å². The average Bonchev–Trinajstić information content (AvgIpc) is 2.68. The Hall–Kier alpha value is -3.27. The van der Waals surface area contributed by atoms with E-state index in [4.69, 9.17) is 9.47 Å². The smallest absolute Gasteiger partial charge is 0.255 e. The summed E-state index contributed by atoms with van der Waals surface area (Å²) >= 11 is 0. The van der Waals surface area contributed by atoms with Crippen molar-refractivity contribution in [2.24, 2.45) is 0 Å². The van der Waals surface area contributed by atoms with E-state index in [0.717, 1.165) is 16.8 Å². The number of hydrogen-bond donors (Lipinski definition) is 1. The number of carbonyl (C=O) groups excluding carboxylic acids is 1. The molecular weight excluding hydrogens is 350 g/mol. The molecule has 4 nitrogen and oxygen atoms in total. The Balaban J connectivity index is 1.74. The maximum atomic E-state index is 12.6. The molecule has 0 spiro atoms. The second-order valence-electron chi connectivity index (χ2n) is 6.69. The van der Waals surface area contributed by atoms with Gasteiger partial charge in [-0.15, -0.1) is 0 Å². The molecule has 1 amide bonds. The lowest BCUT2D eigenvalue weighted by atomic mass is 10.1. The van der Waals surface area contributed by atoms with Crippen molar-refractivity contribution in [1.29, 1.82) is 0 Å². The summed E-state index contributed by atoms with van der Waals surface area (Å²) < 4.78 is 11.6. The van der Waals surface area contributed by atoms with Gasteiger partial charge in [-0.25, -0.2) is 0 Å². The van der Waals surface area contributed by atoms with Crippen LogP contribution < -0.4 is 14.8 Å². The minimum Gasteiger partial charge on any atom is -0.490 e. The summed E-state index contributed by atoms with van der Waals surface area (Å²) in [5, 5.41) is 2.92. The van der Waals surface area contributed by atoms with E-state index in [-0.39, 0.29) is 5.91 Å². The molecule has 144 valence electrons. The van der Waals surface area contributed by atoms with E-state index in [0.29, 0.717) is 30.3 Å². The van der Waals surface area contributed by atoms with Crippen LogP contribution in [0.25, 0.3) is 0 Å². The van der Waals surface area contributed by atoms with E-state index in [9.17, 15) is 4.79 Å². The van der Waals surface area contributed by atoms with Gasteiger partial charge in [-0.05, 0) is 62.2 Å². The Morgan fingerprint density at radius 1 is 0.857 bits per heavy atom. The number of amides is 1. The van der Waals surface area contributed by atoms with E-state index in [1.54, 1.807) is 18.2 Å². The Morgan fingerprint density at radius 3 is 2.36 bits per heavy atom. The lowest BCUT2D eigenvalue weighted by Gasteiger charge is -2.14. The molecule has 4 heteroatoms. The summed E-state index contributed by atoms with van der Waals surface area (Å²) in [7, 11) is 0. The Kier molecular flexibility index (Phi) is 6.33. The van der Waals surface area contributed by atoms with Gasteiger partial charge in [0.25, 0.3) is 5.91 Å². The first-order valence-corrected chi connectivity index (χ1v) is 9.38. The fourth-order valence-electron chi connectivity index (χ4n) is 2.81. The molecule has 0 aliphatic rings. The van der Waals surface area contributed by atoms with E-state index in [2.05, 4.69) is 24.4 Å². The Labute approximate surface area is 166 Å². The highest BCUT2D eigenvalue weighted by Gasteiger charge is 2.12. The summed E-state index contributed by atoms with van der Waals surface area (Å²) in [6.45, 7) is 6.88. The summed E-state index contributed by atoms with van der Waals surface area (Å²) in [5.74, 6) is 0.998. The molecule has 0 saturated heterocycles. The van der Waals surface area contributed by atoms with Crippen LogP contribution in [0, 0.1) is 13.8 Å². The van der Waals surface area contributed by atoms with Crippen LogP contribution in [-0.4, -0.2) is 12.5 Å². The first kappa shape index (κ1) is 19.5. The summed E-state index contributed by atoms with van der Waals surface area (Å²) in [4.78, 5) is 12.6. The molecule has 0 radical (unpaired) electrons.